The molecule has 0 aliphatic heterocycles. The molecule has 1 N–H and O–H groups in total. The molecule has 0 radical (unpaired) electrons. The molecule has 0 aliphatic carbocycles. The van der Waals surface area contributed by atoms with Crippen molar-refractivity contribution in [2.75, 3.05) is 0 Å². The van der Waals surface area contributed by atoms with Gasteiger partial charge in [0.05, 0.1) is 0 Å². The lowest BCUT2D eigenvalue weighted by Crippen LogP contribution is -1.94. The van der Waals surface area contributed by atoms with E-state index >= 15 is 0 Å². The maximum Gasteiger partial charge on any atom is 0.115 e. The van der Waals surface area contributed by atoms with Crippen LogP contribution in [0.5, 0.6) is 5.75 Å². The summed E-state index contributed by atoms with van der Waals surface area (Å²) in [7, 11) is 0. The second-order valence-corrected chi connectivity index (χ2v) is 3.39. The molecule has 80 valence electrons. The number of aryl methyl sites for hydroxylation is 1. The van der Waals surface area contributed by atoms with E-state index in [1.165, 1.54) is 11.1 Å². The normalized spacial score (nSPS) is 9.57. The minimum atomic E-state index is 0.372. The van der Waals surface area contributed by atoms with Gasteiger partial charge < -0.3 is 5.11 Å². The molecule has 1 rings (SSSR count). The van der Waals surface area contributed by atoms with E-state index in [9.17, 15) is 5.11 Å². The maximum absolute atomic E-state index is 9.25. The molecule has 0 saturated heterocycles. The molecule has 1 heteroatoms. The first-order valence-electron chi connectivity index (χ1n) is 5.47. The van der Waals surface area contributed by atoms with E-state index in [-0.39, 0.29) is 0 Å². The highest BCUT2D eigenvalue weighted by molar-refractivity contribution is 5.36. The highest BCUT2D eigenvalue weighted by atomic mass is 16.3. The topological polar surface area (TPSA) is 20.2 Å². The first-order valence-corrected chi connectivity index (χ1v) is 5.47. The number of phenols is 1. The molecule has 0 spiro atoms. The van der Waals surface area contributed by atoms with Crippen molar-refractivity contribution in [1.29, 1.82) is 0 Å². The summed E-state index contributed by atoms with van der Waals surface area (Å²) >= 11 is 0. The molecule has 1 aromatic carbocycles. The maximum atomic E-state index is 9.25. The van der Waals surface area contributed by atoms with Gasteiger partial charge in [-0.2, -0.15) is 0 Å². The Bertz CT molecular complexity index is 264. The van der Waals surface area contributed by atoms with Gasteiger partial charge in [-0.1, -0.05) is 40.7 Å². The van der Waals surface area contributed by atoms with Crippen molar-refractivity contribution in [3.63, 3.8) is 0 Å². The van der Waals surface area contributed by atoms with Gasteiger partial charge in [0.1, 0.15) is 5.75 Å². The molecule has 1 nitrogen and oxygen atoms in total. The number of phenolic OH excluding ortho intramolecular Hbond substituents is 1. The fraction of sp³-hybridized carbons (Fsp3) is 0.538. The SMILES string of the molecule is CC.CCc1cc(O)ccc1C(C)C. The van der Waals surface area contributed by atoms with Gasteiger partial charge in [-0.3, -0.25) is 0 Å². The van der Waals surface area contributed by atoms with Crippen molar-refractivity contribution in [2.45, 2.75) is 47.0 Å². The van der Waals surface area contributed by atoms with Crippen molar-refractivity contribution in [1.82, 2.24) is 0 Å². The summed E-state index contributed by atoms with van der Waals surface area (Å²) in [5.74, 6) is 0.914. The molecule has 0 bridgehead atoms. The Balaban J connectivity index is 0.000000791. The van der Waals surface area contributed by atoms with Crippen LogP contribution < -0.4 is 0 Å². The van der Waals surface area contributed by atoms with Crippen LogP contribution in [0.3, 0.4) is 0 Å². The first-order chi connectivity index (χ1) is 6.65. The Morgan fingerprint density at radius 2 is 1.79 bits per heavy atom. The van der Waals surface area contributed by atoms with Crippen LogP contribution in [-0.2, 0) is 6.42 Å². The van der Waals surface area contributed by atoms with Crippen molar-refractivity contribution in [3.8, 4) is 5.75 Å². The van der Waals surface area contributed by atoms with Gasteiger partial charge in [0.15, 0.2) is 0 Å². The molecule has 0 unspecified atom stereocenters. The lowest BCUT2D eigenvalue weighted by molar-refractivity contribution is 0.474. The van der Waals surface area contributed by atoms with Gasteiger partial charge in [-0.15, -0.1) is 0 Å². The number of benzene rings is 1. The Hall–Kier alpha value is -0.980. The van der Waals surface area contributed by atoms with E-state index in [4.69, 9.17) is 0 Å². The van der Waals surface area contributed by atoms with E-state index < -0.39 is 0 Å². The number of hydrogen-bond donors (Lipinski definition) is 1. The molecule has 0 atom stereocenters. The molecule has 1 aromatic rings. The third kappa shape index (κ3) is 3.41. The van der Waals surface area contributed by atoms with E-state index in [1.807, 2.05) is 26.0 Å². The molecular formula is C13H22O. The highest BCUT2D eigenvalue weighted by Crippen LogP contribution is 2.23. The summed E-state index contributed by atoms with van der Waals surface area (Å²) in [6, 6.07) is 5.63. The van der Waals surface area contributed by atoms with Crippen LogP contribution in [0.2, 0.25) is 0 Å². The van der Waals surface area contributed by atoms with Crippen LogP contribution >= 0.6 is 0 Å². The molecular weight excluding hydrogens is 172 g/mol. The van der Waals surface area contributed by atoms with Crippen molar-refractivity contribution < 1.29 is 5.11 Å². The van der Waals surface area contributed by atoms with E-state index in [0.717, 1.165) is 6.42 Å². The number of rotatable bonds is 2. The lowest BCUT2D eigenvalue weighted by Gasteiger charge is -2.11. The fourth-order valence-electron chi connectivity index (χ4n) is 1.46. The molecule has 0 heterocycles. The second kappa shape index (κ2) is 6.47. The molecule has 0 aromatic heterocycles. The van der Waals surface area contributed by atoms with Crippen LogP contribution in [0.15, 0.2) is 18.2 Å². The van der Waals surface area contributed by atoms with Gasteiger partial charge in [0.2, 0.25) is 0 Å². The third-order valence-electron chi connectivity index (χ3n) is 2.13. The molecule has 0 fully saturated rings. The van der Waals surface area contributed by atoms with E-state index in [0.29, 0.717) is 11.7 Å². The van der Waals surface area contributed by atoms with Gasteiger partial charge in [0.25, 0.3) is 0 Å². The van der Waals surface area contributed by atoms with Crippen molar-refractivity contribution >= 4 is 0 Å². The second-order valence-electron chi connectivity index (χ2n) is 3.39. The predicted molar refractivity (Wildman–Crippen MR) is 62.9 cm³/mol. The van der Waals surface area contributed by atoms with Crippen LogP contribution in [0.25, 0.3) is 0 Å². The molecule has 0 saturated carbocycles. The standard InChI is InChI=1S/C11H16O.C2H6/c1-4-9-7-10(12)5-6-11(9)8(2)3;1-2/h5-8,12H,4H2,1-3H3;1-2H3. The highest BCUT2D eigenvalue weighted by Gasteiger charge is 2.04. The van der Waals surface area contributed by atoms with Crippen molar-refractivity contribution in [3.05, 3.63) is 29.3 Å². The van der Waals surface area contributed by atoms with Gasteiger partial charge in [0, 0.05) is 0 Å². The number of aromatic hydroxyl groups is 1. The van der Waals surface area contributed by atoms with Gasteiger partial charge >= 0.3 is 0 Å². The van der Waals surface area contributed by atoms with Crippen LogP contribution in [0, 0.1) is 0 Å². The summed E-state index contributed by atoms with van der Waals surface area (Å²) < 4.78 is 0. The molecule has 14 heavy (non-hydrogen) atoms. The quantitative estimate of drug-likeness (QED) is 0.751. The lowest BCUT2D eigenvalue weighted by atomic mass is 9.96. The summed E-state index contributed by atoms with van der Waals surface area (Å²) in [4.78, 5) is 0. The minimum Gasteiger partial charge on any atom is -0.508 e. The Kier molecular flexibility index (Phi) is 6.02. The molecule has 0 aliphatic rings. The zero-order valence-electron chi connectivity index (χ0n) is 9.96. The van der Waals surface area contributed by atoms with Crippen LogP contribution in [-0.4, -0.2) is 5.11 Å². The monoisotopic (exact) mass is 194 g/mol. The van der Waals surface area contributed by atoms with Gasteiger partial charge in [-0.05, 0) is 35.6 Å². The van der Waals surface area contributed by atoms with Gasteiger partial charge in [-0.25, -0.2) is 0 Å². The molecule has 0 amide bonds. The summed E-state index contributed by atoms with van der Waals surface area (Å²) in [6.45, 7) is 10.5. The predicted octanol–water partition coefficient (Wildman–Crippen LogP) is 4.10. The van der Waals surface area contributed by atoms with E-state index in [1.54, 1.807) is 6.07 Å². The summed E-state index contributed by atoms with van der Waals surface area (Å²) in [5.41, 5.74) is 2.60. The van der Waals surface area contributed by atoms with E-state index in [2.05, 4.69) is 20.8 Å². The average Bonchev–Trinajstić information content (AvgIpc) is 2.20. The Labute approximate surface area is 87.8 Å². The largest absolute Gasteiger partial charge is 0.508 e. The van der Waals surface area contributed by atoms with Crippen LogP contribution in [0.1, 0.15) is 51.7 Å². The first kappa shape index (κ1) is 13.0. The summed E-state index contributed by atoms with van der Waals surface area (Å²) in [6.07, 6.45) is 0.988. The smallest absolute Gasteiger partial charge is 0.115 e. The third-order valence-corrected chi connectivity index (χ3v) is 2.13. The zero-order chi connectivity index (χ0) is 11.1. The number of hydrogen-bond acceptors (Lipinski definition) is 1. The fourth-order valence-corrected chi connectivity index (χ4v) is 1.46. The summed E-state index contributed by atoms with van der Waals surface area (Å²) in [5, 5.41) is 9.25. The Morgan fingerprint density at radius 1 is 1.21 bits per heavy atom. The average molecular weight is 194 g/mol. The van der Waals surface area contributed by atoms with Crippen molar-refractivity contribution in [2.24, 2.45) is 0 Å². The zero-order valence-corrected chi connectivity index (χ0v) is 9.96. The Morgan fingerprint density at radius 3 is 2.21 bits per heavy atom. The van der Waals surface area contributed by atoms with Crippen LogP contribution in [0.4, 0.5) is 0 Å². The minimum absolute atomic E-state index is 0.372.